The highest BCUT2D eigenvalue weighted by atomic mass is 32.2. The molecule has 0 heterocycles. The average molecular weight is 382 g/mol. The number of nitrogens with one attached hydrogen (secondary N) is 1. The predicted octanol–water partition coefficient (Wildman–Crippen LogP) is 2.97. The van der Waals surface area contributed by atoms with Crippen LogP contribution in [0.5, 0.6) is 11.5 Å². The summed E-state index contributed by atoms with van der Waals surface area (Å²) < 4.78 is 50.4. The first-order valence-electron chi connectivity index (χ1n) is 8.17. The number of para-hydroxylation sites is 1. The van der Waals surface area contributed by atoms with E-state index >= 15 is 0 Å². The zero-order chi connectivity index (χ0) is 19.2. The molecule has 0 bridgehead atoms. The molecule has 2 aromatic rings. The van der Waals surface area contributed by atoms with Crippen LogP contribution in [0.25, 0.3) is 0 Å². The van der Waals surface area contributed by atoms with Crippen LogP contribution in [-0.4, -0.2) is 46.6 Å². The third-order valence-corrected chi connectivity index (χ3v) is 5.36. The fourth-order valence-electron chi connectivity index (χ4n) is 2.21. The van der Waals surface area contributed by atoms with Gasteiger partial charge in [-0.3, -0.25) is 0 Å². The van der Waals surface area contributed by atoms with Crippen molar-refractivity contribution in [1.82, 2.24) is 4.31 Å². The maximum atomic E-state index is 13.5. The highest BCUT2D eigenvalue weighted by Gasteiger charge is 2.22. The van der Waals surface area contributed by atoms with Gasteiger partial charge in [0.25, 0.3) is 0 Å². The van der Waals surface area contributed by atoms with Gasteiger partial charge in [0, 0.05) is 26.3 Å². The van der Waals surface area contributed by atoms with Gasteiger partial charge in [-0.25, -0.2) is 17.1 Å². The topological polar surface area (TPSA) is 67.9 Å². The molecule has 26 heavy (non-hydrogen) atoms. The molecule has 0 aromatic heterocycles. The van der Waals surface area contributed by atoms with Crippen LogP contribution in [0.15, 0.2) is 47.4 Å². The van der Waals surface area contributed by atoms with Crippen LogP contribution in [0.3, 0.4) is 0 Å². The Kier molecular flexibility index (Phi) is 6.82. The molecule has 0 amide bonds. The van der Waals surface area contributed by atoms with Crippen molar-refractivity contribution < 1.29 is 22.3 Å². The van der Waals surface area contributed by atoms with E-state index in [2.05, 4.69) is 5.32 Å². The molecule has 2 rings (SSSR count). The molecule has 6 nitrogen and oxygen atoms in total. The van der Waals surface area contributed by atoms with Crippen molar-refractivity contribution in [2.45, 2.75) is 11.8 Å². The van der Waals surface area contributed by atoms with E-state index in [1.165, 1.54) is 26.2 Å². The molecule has 0 saturated heterocycles. The van der Waals surface area contributed by atoms with Gasteiger partial charge in [0.1, 0.15) is 17.3 Å². The zero-order valence-corrected chi connectivity index (χ0v) is 15.8. The van der Waals surface area contributed by atoms with E-state index in [1.54, 1.807) is 37.3 Å². The number of benzene rings is 2. The maximum Gasteiger partial charge on any atom is 0.246 e. The Morgan fingerprint density at radius 1 is 1.08 bits per heavy atom. The third kappa shape index (κ3) is 4.86. The number of rotatable bonds is 9. The Labute approximate surface area is 153 Å². The largest absolute Gasteiger partial charge is 0.492 e. The highest BCUT2D eigenvalue weighted by Crippen LogP contribution is 2.29. The molecule has 0 radical (unpaired) electrons. The van der Waals surface area contributed by atoms with Crippen LogP contribution >= 0.6 is 0 Å². The third-order valence-electron chi connectivity index (χ3n) is 3.53. The van der Waals surface area contributed by atoms with Crippen molar-refractivity contribution in [3.05, 3.63) is 48.3 Å². The molecule has 8 heteroatoms. The summed E-state index contributed by atoms with van der Waals surface area (Å²) in [6, 6.07) is 11.0. The minimum absolute atomic E-state index is 0.0874. The first-order chi connectivity index (χ1) is 12.4. The van der Waals surface area contributed by atoms with Gasteiger partial charge in [0.2, 0.25) is 10.0 Å². The molecule has 142 valence electrons. The van der Waals surface area contributed by atoms with E-state index < -0.39 is 15.8 Å². The van der Waals surface area contributed by atoms with E-state index in [9.17, 15) is 12.8 Å². The van der Waals surface area contributed by atoms with E-state index in [-0.39, 0.29) is 17.3 Å². The van der Waals surface area contributed by atoms with Gasteiger partial charge in [0.15, 0.2) is 11.6 Å². The van der Waals surface area contributed by atoms with Gasteiger partial charge < -0.3 is 14.8 Å². The van der Waals surface area contributed by atoms with Gasteiger partial charge in [0.05, 0.1) is 6.61 Å². The van der Waals surface area contributed by atoms with Gasteiger partial charge in [-0.2, -0.15) is 0 Å². The second kappa shape index (κ2) is 8.86. The minimum Gasteiger partial charge on any atom is -0.492 e. The van der Waals surface area contributed by atoms with Crippen molar-refractivity contribution in [3.8, 4) is 11.5 Å². The SMILES string of the molecule is CCOc1ccc(NCCOc2ccccc2F)cc1S(=O)(=O)N(C)C. The normalized spacial score (nSPS) is 11.4. The molecule has 0 aliphatic heterocycles. The van der Waals surface area contributed by atoms with Gasteiger partial charge in [-0.1, -0.05) is 12.1 Å². The average Bonchev–Trinajstić information content (AvgIpc) is 2.61. The number of hydrogen-bond acceptors (Lipinski definition) is 5. The predicted molar refractivity (Wildman–Crippen MR) is 98.9 cm³/mol. The molecule has 1 N–H and O–H groups in total. The minimum atomic E-state index is -3.64. The molecule has 0 unspecified atom stereocenters. The van der Waals surface area contributed by atoms with Gasteiger partial charge in [-0.15, -0.1) is 0 Å². The summed E-state index contributed by atoms with van der Waals surface area (Å²) in [6.45, 7) is 2.76. The smallest absolute Gasteiger partial charge is 0.246 e. The van der Waals surface area contributed by atoms with Crippen LogP contribution in [-0.2, 0) is 10.0 Å². The molecule has 0 spiro atoms. The van der Waals surface area contributed by atoms with Gasteiger partial charge >= 0.3 is 0 Å². The second-order valence-corrected chi connectivity index (χ2v) is 7.71. The number of ether oxygens (including phenoxy) is 2. The first-order valence-corrected chi connectivity index (χ1v) is 9.61. The van der Waals surface area contributed by atoms with Crippen LogP contribution < -0.4 is 14.8 Å². The zero-order valence-electron chi connectivity index (χ0n) is 15.0. The molecule has 0 saturated carbocycles. The van der Waals surface area contributed by atoms with Crippen LogP contribution in [0.4, 0.5) is 10.1 Å². The van der Waals surface area contributed by atoms with Crippen LogP contribution in [0, 0.1) is 5.82 Å². The summed E-state index contributed by atoms with van der Waals surface area (Å²) in [5, 5.41) is 3.07. The summed E-state index contributed by atoms with van der Waals surface area (Å²) in [6.07, 6.45) is 0. The maximum absolute atomic E-state index is 13.5. The Morgan fingerprint density at radius 3 is 2.46 bits per heavy atom. The molecular formula is C18H23FN2O4S. The lowest BCUT2D eigenvalue weighted by atomic mass is 10.3. The van der Waals surface area contributed by atoms with E-state index in [0.717, 1.165) is 4.31 Å². The Hall–Kier alpha value is -2.32. The Morgan fingerprint density at radius 2 is 1.81 bits per heavy atom. The number of hydrogen-bond donors (Lipinski definition) is 1. The summed E-state index contributed by atoms with van der Waals surface area (Å²) in [7, 11) is -0.713. The summed E-state index contributed by atoms with van der Waals surface area (Å²) in [5.41, 5.74) is 0.603. The molecule has 0 fully saturated rings. The number of sulfonamides is 1. The second-order valence-electron chi connectivity index (χ2n) is 5.59. The number of nitrogens with zero attached hydrogens (tertiary/aromatic N) is 1. The number of halogens is 1. The summed E-state index contributed by atoms with van der Waals surface area (Å²) >= 11 is 0. The lowest BCUT2D eigenvalue weighted by Crippen LogP contribution is -2.23. The molecule has 0 atom stereocenters. The van der Waals surface area contributed by atoms with Crippen molar-refractivity contribution in [3.63, 3.8) is 0 Å². The highest BCUT2D eigenvalue weighted by molar-refractivity contribution is 7.89. The molecular weight excluding hydrogens is 359 g/mol. The molecule has 0 aliphatic rings. The quantitative estimate of drug-likeness (QED) is 0.676. The molecule has 2 aromatic carbocycles. The van der Waals surface area contributed by atoms with Crippen molar-refractivity contribution in [2.24, 2.45) is 0 Å². The molecule has 0 aliphatic carbocycles. The van der Waals surface area contributed by atoms with E-state index in [4.69, 9.17) is 9.47 Å². The fraction of sp³-hybridized carbons (Fsp3) is 0.333. The first kappa shape index (κ1) is 20.0. The fourth-order valence-corrected chi connectivity index (χ4v) is 3.26. The summed E-state index contributed by atoms with van der Waals surface area (Å²) in [5.74, 6) is 0.0548. The Bertz CT molecular complexity index is 841. The monoisotopic (exact) mass is 382 g/mol. The van der Waals surface area contributed by atoms with Crippen molar-refractivity contribution in [2.75, 3.05) is 39.2 Å². The lowest BCUT2D eigenvalue weighted by molar-refractivity contribution is 0.315. The standard InChI is InChI=1S/C18H23FN2O4S/c1-4-24-17-10-9-14(13-18(17)26(22,23)21(2)3)20-11-12-25-16-8-6-5-7-15(16)19/h5-10,13,20H,4,11-12H2,1-3H3. The van der Waals surface area contributed by atoms with Crippen LogP contribution in [0.1, 0.15) is 6.92 Å². The van der Waals surface area contributed by atoms with E-state index in [0.29, 0.717) is 24.6 Å². The van der Waals surface area contributed by atoms with E-state index in [1.807, 2.05) is 0 Å². The Balaban J connectivity index is 2.07. The summed E-state index contributed by atoms with van der Waals surface area (Å²) in [4.78, 5) is 0.0874. The lowest BCUT2D eigenvalue weighted by Gasteiger charge is -2.17. The van der Waals surface area contributed by atoms with Gasteiger partial charge in [-0.05, 0) is 37.3 Å². The van der Waals surface area contributed by atoms with Crippen LogP contribution in [0.2, 0.25) is 0 Å². The number of anilines is 1. The van der Waals surface area contributed by atoms with Crippen molar-refractivity contribution >= 4 is 15.7 Å². The van der Waals surface area contributed by atoms with Crippen molar-refractivity contribution in [1.29, 1.82) is 0 Å².